The monoisotopic (exact) mass is 273 g/mol. The average molecular weight is 273 g/mol. The van der Waals surface area contributed by atoms with Gasteiger partial charge in [-0.1, -0.05) is 11.6 Å². The van der Waals surface area contributed by atoms with Gasteiger partial charge in [-0.05, 0) is 31.2 Å². The van der Waals surface area contributed by atoms with E-state index in [-0.39, 0.29) is 0 Å². The lowest BCUT2D eigenvalue weighted by atomic mass is 10.1. The number of nitrogens with two attached hydrogens (primary N) is 1. The summed E-state index contributed by atoms with van der Waals surface area (Å²) in [5.74, 6) is 2.15. The van der Waals surface area contributed by atoms with Gasteiger partial charge in [0, 0.05) is 11.6 Å². The van der Waals surface area contributed by atoms with E-state index in [0.29, 0.717) is 23.8 Å². The van der Waals surface area contributed by atoms with Crippen molar-refractivity contribution in [3.8, 4) is 17.2 Å². The molecular formula is C16H19NO3. The second-order valence-electron chi connectivity index (χ2n) is 4.51. The number of benzene rings is 2. The first-order valence-corrected chi connectivity index (χ1v) is 6.34. The van der Waals surface area contributed by atoms with Gasteiger partial charge in [0.05, 0.1) is 19.9 Å². The van der Waals surface area contributed by atoms with Crippen LogP contribution in [0.25, 0.3) is 0 Å². The molecule has 0 fully saturated rings. The summed E-state index contributed by atoms with van der Waals surface area (Å²) in [6, 6.07) is 11.3. The Balaban J connectivity index is 2.14. The smallest absolute Gasteiger partial charge is 0.142 e. The van der Waals surface area contributed by atoms with Gasteiger partial charge < -0.3 is 19.9 Å². The molecule has 0 amide bonds. The normalized spacial score (nSPS) is 10.2. The zero-order valence-corrected chi connectivity index (χ0v) is 12.0. The van der Waals surface area contributed by atoms with Crippen LogP contribution in [0.3, 0.4) is 0 Å². The molecule has 0 aliphatic carbocycles. The maximum Gasteiger partial charge on any atom is 0.142 e. The highest BCUT2D eigenvalue weighted by molar-refractivity contribution is 5.56. The van der Waals surface area contributed by atoms with Gasteiger partial charge in [-0.25, -0.2) is 0 Å². The molecule has 20 heavy (non-hydrogen) atoms. The van der Waals surface area contributed by atoms with Crippen LogP contribution < -0.4 is 19.9 Å². The molecule has 0 spiro atoms. The summed E-state index contributed by atoms with van der Waals surface area (Å²) in [7, 11) is 3.25. The Labute approximate surface area is 119 Å². The van der Waals surface area contributed by atoms with E-state index in [2.05, 4.69) is 0 Å². The number of ether oxygens (including phenoxy) is 3. The average Bonchev–Trinajstić information content (AvgIpc) is 2.46. The van der Waals surface area contributed by atoms with E-state index in [0.717, 1.165) is 16.9 Å². The highest BCUT2D eigenvalue weighted by Crippen LogP contribution is 2.28. The molecule has 2 N–H and O–H groups in total. The molecule has 0 radical (unpaired) electrons. The first-order chi connectivity index (χ1) is 9.63. The van der Waals surface area contributed by atoms with Crippen molar-refractivity contribution in [1.29, 1.82) is 0 Å². The number of methoxy groups -OCH3 is 2. The minimum absolute atomic E-state index is 0.404. The van der Waals surface area contributed by atoms with Crippen molar-refractivity contribution in [2.24, 2.45) is 0 Å². The Morgan fingerprint density at radius 1 is 0.950 bits per heavy atom. The fourth-order valence-corrected chi connectivity index (χ4v) is 1.96. The molecule has 0 saturated carbocycles. The summed E-state index contributed by atoms with van der Waals surface area (Å²) in [5.41, 5.74) is 8.63. The van der Waals surface area contributed by atoms with Crippen LogP contribution in [0.5, 0.6) is 17.2 Å². The van der Waals surface area contributed by atoms with Gasteiger partial charge in [-0.15, -0.1) is 0 Å². The second-order valence-corrected chi connectivity index (χ2v) is 4.51. The second kappa shape index (κ2) is 6.19. The lowest BCUT2D eigenvalue weighted by Crippen LogP contribution is -2.01. The van der Waals surface area contributed by atoms with Gasteiger partial charge in [0.2, 0.25) is 0 Å². The van der Waals surface area contributed by atoms with Gasteiger partial charge in [0.25, 0.3) is 0 Å². The van der Waals surface area contributed by atoms with Gasteiger partial charge in [-0.2, -0.15) is 0 Å². The number of nitrogen functional groups attached to an aromatic ring is 1. The van der Waals surface area contributed by atoms with Crippen molar-refractivity contribution in [3.63, 3.8) is 0 Å². The summed E-state index contributed by atoms with van der Waals surface area (Å²) in [4.78, 5) is 0. The van der Waals surface area contributed by atoms with Crippen LogP contribution in [-0.4, -0.2) is 14.2 Å². The third-order valence-corrected chi connectivity index (χ3v) is 3.04. The van der Waals surface area contributed by atoms with Crippen molar-refractivity contribution in [2.45, 2.75) is 13.5 Å². The predicted molar refractivity (Wildman–Crippen MR) is 79.5 cm³/mol. The summed E-state index contributed by atoms with van der Waals surface area (Å²) >= 11 is 0. The molecule has 0 heterocycles. The fourth-order valence-electron chi connectivity index (χ4n) is 1.96. The van der Waals surface area contributed by atoms with Crippen molar-refractivity contribution < 1.29 is 14.2 Å². The summed E-state index contributed by atoms with van der Waals surface area (Å²) in [6.45, 7) is 2.44. The molecule has 2 rings (SSSR count). The number of hydrogen-bond donors (Lipinski definition) is 1. The zero-order valence-electron chi connectivity index (χ0n) is 12.0. The highest BCUT2D eigenvalue weighted by Gasteiger charge is 2.07. The van der Waals surface area contributed by atoms with Gasteiger partial charge >= 0.3 is 0 Å². The van der Waals surface area contributed by atoms with Crippen LogP contribution in [0, 0.1) is 6.92 Å². The van der Waals surface area contributed by atoms with E-state index in [1.165, 1.54) is 0 Å². The molecule has 0 aromatic heterocycles. The van der Waals surface area contributed by atoms with Crippen molar-refractivity contribution in [1.82, 2.24) is 0 Å². The van der Waals surface area contributed by atoms with Crippen LogP contribution in [0.4, 0.5) is 5.69 Å². The summed E-state index contributed by atoms with van der Waals surface area (Å²) in [6.07, 6.45) is 0. The number of anilines is 1. The third kappa shape index (κ3) is 3.15. The minimum atomic E-state index is 0.404. The van der Waals surface area contributed by atoms with E-state index >= 15 is 0 Å². The molecule has 4 nitrogen and oxygen atoms in total. The molecular weight excluding hydrogens is 254 g/mol. The summed E-state index contributed by atoms with van der Waals surface area (Å²) < 4.78 is 16.2. The van der Waals surface area contributed by atoms with E-state index < -0.39 is 0 Å². The highest BCUT2D eigenvalue weighted by atomic mass is 16.5. The quantitative estimate of drug-likeness (QED) is 0.850. The molecule has 2 aromatic rings. The Morgan fingerprint density at radius 3 is 2.35 bits per heavy atom. The molecule has 0 saturated heterocycles. The standard InChI is InChI=1S/C16H19NO3/c1-11-4-6-15(19-3)12(8-11)10-20-16-7-5-13(18-2)9-14(16)17/h4-9H,10,17H2,1-3H3. The molecule has 0 aliphatic heterocycles. The van der Waals surface area contributed by atoms with E-state index in [1.807, 2.05) is 31.2 Å². The van der Waals surface area contributed by atoms with Gasteiger partial charge in [0.15, 0.2) is 0 Å². The molecule has 2 aromatic carbocycles. The Hall–Kier alpha value is -2.36. The lowest BCUT2D eigenvalue weighted by Gasteiger charge is -2.13. The zero-order chi connectivity index (χ0) is 14.5. The molecule has 0 unspecified atom stereocenters. The first kappa shape index (κ1) is 14.1. The van der Waals surface area contributed by atoms with Crippen molar-refractivity contribution >= 4 is 5.69 Å². The first-order valence-electron chi connectivity index (χ1n) is 6.34. The number of hydrogen-bond acceptors (Lipinski definition) is 4. The fraction of sp³-hybridized carbons (Fsp3) is 0.250. The minimum Gasteiger partial charge on any atom is -0.497 e. The van der Waals surface area contributed by atoms with Crippen molar-refractivity contribution in [3.05, 3.63) is 47.5 Å². The van der Waals surface area contributed by atoms with Crippen LogP contribution in [0.2, 0.25) is 0 Å². The maximum absolute atomic E-state index is 5.93. The summed E-state index contributed by atoms with van der Waals surface area (Å²) in [5, 5.41) is 0. The molecule has 0 atom stereocenters. The van der Waals surface area contributed by atoms with E-state index in [4.69, 9.17) is 19.9 Å². The topological polar surface area (TPSA) is 53.7 Å². The molecule has 0 bridgehead atoms. The third-order valence-electron chi connectivity index (χ3n) is 3.04. The van der Waals surface area contributed by atoms with Gasteiger partial charge in [0.1, 0.15) is 23.9 Å². The Bertz CT molecular complexity index is 596. The van der Waals surface area contributed by atoms with Gasteiger partial charge in [-0.3, -0.25) is 0 Å². The molecule has 4 heteroatoms. The predicted octanol–water partition coefficient (Wildman–Crippen LogP) is 3.17. The largest absolute Gasteiger partial charge is 0.497 e. The van der Waals surface area contributed by atoms with Crippen LogP contribution in [0.1, 0.15) is 11.1 Å². The molecule has 106 valence electrons. The van der Waals surface area contributed by atoms with E-state index in [1.54, 1.807) is 26.4 Å². The SMILES string of the molecule is COc1ccc(OCc2cc(C)ccc2OC)c(N)c1. The number of rotatable bonds is 5. The molecule has 0 aliphatic rings. The van der Waals surface area contributed by atoms with Crippen LogP contribution in [-0.2, 0) is 6.61 Å². The van der Waals surface area contributed by atoms with Crippen molar-refractivity contribution in [2.75, 3.05) is 20.0 Å². The van der Waals surface area contributed by atoms with E-state index in [9.17, 15) is 0 Å². The maximum atomic E-state index is 5.93. The number of aryl methyl sites for hydroxylation is 1. The Kier molecular flexibility index (Phi) is 4.35. The van der Waals surface area contributed by atoms with Crippen LogP contribution in [0.15, 0.2) is 36.4 Å². The Morgan fingerprint density at radius 2 is 1.70 bits per heavy atom. The van der Waals surface area contributed by atoms with Crippen LogP contribution >= 0.6 is 0 Å². The lowest BCUT2D eigenvalue weighted by molar-refractivity contribution is 0.297.